The predicted molar refractivity (Wildman–Crippen MR) is 141 cm³/mol. The first-order valence-corrected chi connectivity index (χ1v) is 13.7. The van der Waals surface area contributed by atoms with E-state index in [1.807, 2.05) is 30.3 Å². The average molecular weight is 540 g/mol. The zero-order chi connectivity index (χ0) is 26.1. The van der Waals surface area contributed by atoms with Gasteiger partial charge in [-0.3, -0.25) is 14.6 Å². The zero-order valence-electron chi connectivity index (χ0n) is 19.9. The normalized spacial score (nSPS) is 11.1. The van der Waals surface area contributed by atoms with Gasteiger partial charge < -0.3 is 14.8 Å². The summed E-state index contributed by atoms with van der Waals surface area (Å²) in [6.45, 7) is 0.218. The number of amides is 1. The van der Waals surface area contributed by atoms with Crippen LogP contribution in [0.2, 0.25) is 0 Å². The molecule has 0 atom stereocenters. The molecule has 3 N–H and O–H groups in total. The number of thioether (sulfide) groups is 1. The lowest BCUT2D eigenvalue weighted by Gasteiger charge is -2.10. The minimum atomic E-state index is -3.77. The van der Waals surface area contributed by atoms with Crippen molar-refractivity contribution in [1.29, 1.82) is 0 Å². The monoisotopic (exact) mass is 539 g/mol. The summed E-state index contributed by atoms with van der Waals surface area (Å²) in [5, 5.41) is 10.4. The first-order valence-electron chi connectivity index (χ1n) is 11.2. The molecule has 12 heteroatoms. The number of nitrogens with zero attached hydrogens (tertiary/aromatic N) is 2. The number of ether oxygens (including phenoxy) is 2. The second kappa shape index (κ2) is 12.3. The number of nitrogens with one attached hydrogen (secondary N) is 3. The van der Waals surface area contributed by atoms with Crippen molar-refractivity contribution in [3.8, 4) is 22.9 Å². The third kappa shape index (κ3) is 7.48. The lowest BCUT2D eigenvalue weighted by Crippen LogP contribution is -2.30. The van der Waals surface area contributed by atoms with Crippen LogP contribution in [0.4, 0.5) is 5.69 Å². The van der Waals surface area contributed by atoms with Crippen molar-refractivity contribution in [3.05, 3.63) is 78.9 Å². The summed E-state index contributed by atoms with van der Waals surface area (Å²) in [6.07, 6.45) is 0. The molecular weight excluding hydrogens is 514 g/mol. The van der Waals surface area contributed by atoms with Crippen LogP contribution in [0.3, 0.4) is 0 Å². The number of carbonyl (C=O) groups excluding carboxylic acids is 1. The maximum atomic E-state index is 12.6. The van der Waals surface area contributed by atoms with Gasteiger partial charge in [0.05, 0.1) is 12.0 Å². The summed E-state index contributed by atoms with van der Waals surface area (Å²) in [7, 11) is -2.24. The molecular formula is C25H25N5O5S2. The van der Waals surface area contributed by atoms with Crippen LogP contribution in [0.1, 0.15) is 0 Å². The molecule has 1 heterocycles. The lowest BCUT2D eigenvalue weighted by atomic mass is 10.2. The van der Waals surface area contributed by atoms with Gasteiger partial charge in [-0.1, -0.05) is 42.1 Å². The Morgan fingerprint density at radius 1 is 0.973 bits per heavy atom. The second-order valence-electron chi connectivity index (χ2n) is 7.63. The number of hydrogen-bond acceptors (Lipinski definition) is 8. The largest absolute Gasteiger partial charge is 0.497 e. The van der Waals surface area contributed by atoms with Crippen LogP contribution in [-0.2, 0) is 14.8 Å². The molecule has 0 bridgehead atoms. The number of anilines is 1. The second-order valence-corrected chi connectivity index (χ2v) is 10.4. The van der Waals surface area contributed by atoms with E-state index < -0.39 is 10.0 Å². The molecule has 0 saturated heterocycles. The fourth-order valence-electron chi connectivity index (χ4n) is 3.16. The fourth-order valence-corrected chi connectivity index (χ4v) is 4.87. The summed E-state index contributed by atoms with van der Waals surface area (Å²) in [5.41, 5.74) is 1.36. The predicted octanol–water partition coefficient (Wildman–Crippen LogP) is 3.57. The fraction of sp³-hybridized carbons (Fsp3) is 0.160. The molecule has 1 amide bonds. The van der Waals surface area contributed by atoms with E-state index in [1.165, 1.54) is 43.1 Å². The number of carbonyl (C=O) groups is 1. The molecule has 10 nitrogen and oxygen atoms in total. The van der Waals surface area contributed by atoms with E-state index >= 15 is 0 Å². The van der Waals surface area contributed by atoms with Gasteiger partial charge in [-0.25, -0.2) is 13.4 Å². The molecule has 3 aromatic carbocycles. The van der Waals surface area contributed by atoms with E-state index in [4.69, 9.17) is 9.47 Å². The van der Waals surface area contributed by atoms with Crippen LogP contribution in [0.25, 0.3) is 11.4 Å². The van der Waals surface area contributed by atoms with Crippen molar-refractivity contribution in [3.63, 3.8) is 0 Å². The number of aromatic amines is 1. The van der Waals surface area contributed by atoms with Crippen molar-refractivity contribution in [1.82, 2.24) is 20.5 Å². The van der Waals surface area contributed by atoms with Gasteiger partial charge in [-0.2, -0.15) is 0 Å². The van der Waals surface area contributed by atoms with E-state index in [1.54, 1.807) is 24.3 Å². The quantitative estimate of drug-likeness (QED) is 0.184. The van der Waals surface area contributed by atoms with Crippen LogP contribution in [0.15, 0.2) is 88.9 Å². The Kier molecular flexibility index (Phi) is 8.64. The SMILES string of the molecule is COc1ccc(NS(=O)(=O)c2ccc(OCC(=O)NCCSc3n[nH]c(-c4ccccc4)n3)cc2)cc1. The van der Waals surface area contributed by atoms with Crippen LogP contribution in [-0.4, -0.2) is 55.5 Å². The van der Waals surface area contributed by atoms with Crippen molar-refractivity contribution < 1.29 is 22.7 Å². The number of hydrogen-bond donors (Lipinski definition) is 3. The van der Waals surface area contributed by atoms with Crippen molar-refractivity contribution in [2.75, 3.05) is 30.7 Å². The smallest absolute Gasteiger partial charge is 0.261 e. The summed E-state index contributed by atoms with van der Waals surface area (Å²) in [5.74, 6) is 1.99. The van der Waals surface area contributed by atoms with E-state index in [2.05, 4.69) is 25.2 Å². The molecule has 192 valence electrons. The van der Waals surface area contributed by atoms with Gasteiger partial charge in [-0.05, 0) is 48.5 Å². The maximum absolute atomic E-state index is 12.6. The molecule has 0 spiro atoms. The number of methoxy groups -OCH3 is 1. The highest BCUT2D eigenvalue weighted by Crippen LogP contribution is 2.21. The first kappa shape index (κ1) is 26.0. The maximum Gasteiger partial charge on any atom is 0.261 e. The topological polar surface area (TPSA) is 135 Å². The molecule has 0 aliphatic rings. The van der Waals surface area contributed by atoms with Crippen LogP contribution in [0.5, 0.6) is 11.5 Å². The molecule has 0 fully saturated rings. The van der Waals surface area contributed by atoms with Crippen molar-refractivity contribution in [2.24, 2.45) is 0 Å². The summed E-state index contributed by atoms with van der Waals surface area (Å²) < 4.78 is 38.2. The summed E-state index contributed by atoms with van der Waals surface area (Å²) in [6, 6.07) is 22.1. The Morgan fingerprint density at radius 3 is 2.38 bits per heavy atom. The molecule has 1 aromatic heterocycles. The molecule has 0 saturated carbocycles. The van der Waals surface area contributed by atoms with Gasteiger partial charge in [0, 0.05) is 23.5 Å². The molecule has 0 aliphatic carbocycles. The number of benzene rings is 3. The van der Waals surface area contributed by atoms with Gasteiger partial charge >= 0.3 is 0 Å². The van der Waals surface area contributed by atoms with E-state index in [0.717, 1.165) is 5.56 Å². The lowest BCUT2D eigenvalue weighted by molar-refractivity contribution is -0.122. The zero-order valence-corrected chi connectivity index (χ0v) is 21.5. The molecule has 0 unspecified atom stereocenters. The van der Waals surface area contributed by atoms with Gasteiger partial charge in [-0.15, -0.1) is 5.10 Å². The minimum absolute atomic E-state index is 0.0690. The Balaban J connectivity index is 1.18. The number of sulfonamides is 1. The molecule has 37 heavy (non-hydrogen) atoms. The van der Waals surface area contributed by atoms with Crippen LogP contribution >= 0.6 is 11.8 Å². The third-order valence-corrected chi connectivity index (χ3v) is 7.26. The highest BCUT2D eigenvalue weighted by molar-refractivity contribution is 7.99. The van der Waals surface area contributed by atoms with Crippen LogP contribution < -0.4 is 19.5 Å². The Hall–Kier alpha value is -4.03. The molecule has 0 radical (unpaired) electrons. The average Bonchev–Trinajstić information content (AvgIpc) is 3.40. The highest BCUT2D eigenvalue weighted by Gasteiger charge is 2.14. The standard InChI is InChI=1S/C25H25N5O5S2/c1-34-20-9-7-19(8-10-20)30-37(32,33)22-13-11-21(12-14-22)35-17-23(31)26-15-16-36-25-27-24(28-29-25)18-5-3-2-4-6-18/h2-14,30H,15-17H2,1H3,(H,26,31)(H,27,28,29). The first-order chi connectivity index (χ1) is 17.9. The molecule has 4 rings (SSSR count). The number of rotatable bonds is 12. The Labute approximate surface area is 218 Å². The van der Waals surface area contributed by atoms with Gasteiger partial charge in [0.1, 0.15) is 11.5 Å². The van der Waals surface area contributed by atoms with Crippen LogP contribution in [0, 0.1) is 0 Å². The molecule has 4 aromatic rings. The van der Waals surface area contributed by atoms with E-state index in [0.29, 0.717) is 40.5 Å². The van der Waals surface area contributed by atoms with Gasteiger partial charge in [0.25, 0.3) is 15.9 Å². The van der Waals surface area contributed by atoms with Crippen molar-refractivity contribution >= 4 is 33.4 Å². The third-order valence-electron chi connectivity index (χ3n) is 5.01. The Bertz CT molecular complexity index is 1410. The van der Waals surface area contributed by atoms with E-state index in [9.17, 15) is 13.2 Å². The van der Waals surface area contributed by atoms with E-state index in [-0.39, 0.29) is 17.4 Å². The van der Waals surface area contributed by atoms with Gasteiger partial charge in [0.15, 0.2) is 12.4 Å². The van der Waals surface area contributed by atoms with Gasteiger partial charge in [0.2, 0.25) is 5.16 Å². The van der Waals surface area contributed by atoms with Crippen molar-refractivity contribution in [2.45, 2.75) is 10.1 Å². The highest BCUT2D eigenvalue weighted by atomic mass is 32.2. The molecule has 0 aliphatic heterocycles. The Morgan fingerprint density at radius 2 is 1.68 bits per heavy atom. The summed E-state index contributed by atoms with van der Waals surface area (Å²) >= 11 is 1.42. The minimum Gasteiger partial charge on any atom is -0.497 e. The number of aromatic nitrogens is 3. The summed E-state index contributed by atoms with van der Waals surface area (Å²) in [4.78, 5) is 16.6. The number of H-pyrrole nitrogens is 1.